The van der Waals surface area contributed by atoms with E-state index < -0.39 is 0 Å². The molecule has 0 aromatic carbocycles. The van der Waals surface area contributed by atoms with Gasteiger partial charge in [-0.3, -0.25) is 4.99 Å². The average Bonchev–Trinajstić information content (AvgIpc) is 2.87. The molecule has 0 bridgehead atoms. The molecule has 1 unspecified atom stereocenters. The first-order valence-corrected chi connectivity index (χ1v) is 7.39. The van der Waals surface area contributed by atoms with Gasteiger partial charge >= 0.3 is 0 Å². The number of hydrogen-bond donors (Lipinski definition) is 1. The van der Waals surface area contributed by atoms with Gasteiger partial charge in [0.2, 0.25) is 0 Å². The molecule has 1 aromatic heterocycles. The van der Waals surface area contributed by atoms with Gasteiger partial charge in [0.1, 0.15) is 11.1 Å². The maximum atomic E-state index is 5.27. The third-order valence-electron chi connectivity index (χ3n) is 2.78. The normalized spacial score (nSPS) is 13.4. The molecule has 1 heterocycles. The lowest BCUT2D eigenvalue weighted by atomic mass is 10.4. The zero-order valence-electron chi connectivity index (χ0n) is 12.4. The van der Waals surface area contributed by atoms with Gasteiger partial charge in [-0.2, -0.15) is 0 Å². The van der Waals surface area contributed by atoms with Gasteiger partial charge < -0.3 is 15.0 Å². The first kappa shape index (κ1) is 15.9. The van der Waals surface area contributed by atoms with E-state index in [2.05, 4.69) is 32.5 Å². The van der Waals surface area contributed by atoms with Gasteiger partial charge in [0.15, 0.2) is 5.96 Å². The third-order valence-corrected chi connectivity index (χ3v) is 3.83. The Morgan fingerprint density at radius 3 is 2.95 bits per heavy atom. The number of methoxy groups -OCH3 is 1. The van der Waals surface area contributed by atoms with Gasteiger partial charge in [0.05, 0.1) is 12.2 Å². The van der Waals surface area contributed by atoms with Crippen molar-refractivity contribution in [3.8, 4) is 0 Å². The summed E-state index contributed by atoms with van der Waals surface area (Å²) < 4.78 is 5.27. The smallest absolute Gasteiger partial charge is 0.193 e. The lowest BCUT2D eigenvalue weighted by Gasteiger charge is -2.20. The highest BCUT2D eigenvalue weighted by atomic mass is 32.1. The molecular weight excluding hydrogens is 260 g/mol. The molecule has 0 aliphatic rings. The molecule has 0 saturated heterocycles. The Bertz CT molecular complexity index is 405. The summed E-state index contributed by atoms with van der Waals surface area (Å²) >= 11 is 1.64. The van der Waals surface area contributed by atoms with Crippen molar-refractivity contribution >= 4 is 17.3 Å². The number of aromatic nitrogens is 1. The number of hydrogen-bond acceptors (Lipinski definition) is 4. The second kappa shape index (κ2) is 8.12. The van der Waals surface area contributed by atoms with Gasteiger partial charge in [-0.05, 0) is 13.3 Å². The summed E-state index contributed by atoms with van der Waals surface area (Å²) in [6, 6.07) is 0. The fraction of sp³-hybridized carbons (Fsp3) is 0.692. The third kappa shape index (κ3) is 4.80. The zero-order chi connectivity index (χ0) is 14.3. The van der Waals surface area contributed by atoms with E-state index in [9.17, 15) is 0 Å². The summed E-state index contributed by atoms with van der Waals surface area (Å²) in [7, 11) is 5.52. The molecule has 5 nitrogen and oxygen atoms in total. The Labute approximate surface area is 119 Å². The molecule has 0 aliphatic carbocycles. The van der Waals surface area contributed by atoms with Crippen LogP contribution in [-0.2, 0) is 11.3 Å². The Hall–Kier alpha value is -1.14. The molecule has 19 heavy (non-hydrogen) atoms. The Kier molecular flexibility index (Phi) is 6.80. The fourth-order valence-corrected chi connectivity index (χ4v) is 2.46. The maximum absolute atomic E-state index is 5.27. The fourth-order valence-electron chi connectivity index (χ4n) is 1.62. The summed E-state index contributed by atoms with van der Waals surface area (Å²) in [5, 5.41) is 6.40. The van der Waals surface area contributed by atoms with Crippen LogP contribution in [0.25, 0.3) is 0 Å². The summed E-state index contributed by atoms with van der Waals surface area (Å²) in [5.41, 5.74) is 1.05. The number of guanidine groups is 1. The molecule has 6 heteroatoms. The van der Waals surface area contributed by atoms with Crippen LogP contribution in [0.2, 0.25) is 0 Å². The molecule has 0 radical (unpaired) electrons. The van der Waals surface area contributed by atoms with Crippen LogP contribution in [0, 0.1) is 0 Å². The standard InChI is InChI=1S/C13H24N4OS/c1-6-7-15-13(14-3)17(4)8-11-9-19-12(16-11)10(2)18-5/h9-10H,6-8H2,1-5H3,(H,14,15). The predicted molar refractivity (Wildman–Crippen MR) is 80.7 cm³/mol. The molecular formula is C13H24N4OS. The quantitative estimate of drug-likeness (QED) is 0.643. The van der Waals surface area contributed by atoms with Crippen molar-refractivity contribution in [2.75, 3.05) is 27.7 Å². The van der Waals surface area contributed by atoms with Crippen molar-refractivity contribution in [3.63, 3.8) is 0 Å². The average molecular weight is 284 g/mol. The minimum atomic E-state index is 0.0570. The minimum absolute atomic E-state index is 0.0570. The highest BCUT2D eigenvalue weighted by Crippen LogP contribution is 2.20. The number of ether oxygens (including phenoxy) is 1. The second-order valence-electron chi connectivity index (χ2n) is 4.39. The maximum Gasteiger partial charge on any atom is 0.193 e. The molecule has 0 aliphatic heterocycles. The first-order valence-electron chi connectivity index (χ1n) is 6.51. The summed E-state index contributed by atoms with van der Waals surface area (Å²) in [5.74, 6) is 0.899. The van der Waals surface area contributed by atoms with E-state index in [-0.39, 0.29) is 6.10 Å². The van der Waals surface area contributed by atoms with E-state index in [1.54, 1.807) is 25.5 Å². The van der Waals surface area contributed by atoms with Crippen LogP contribution in [0.4, 0.5) is 0 Å². The van der Waals surface area contributed by atoms with Crippen molar-refractivity contribution in [1.82, 2.24) is 15.2 Å². The molecule has 1 aromatic rings. The van der Waals surface area contributed by atoms with Crippen molar-refractivity contribution < 1.29 is 4.74 Å². The highest BCUT2D eigenvalue weighted by molar-refractivity contribution is 7.09. The minimum Gasteiger partial charge on any atom is -0.375 e. The lowest BCUT2D eigenvalue weighted by Crippen LogP contribution is -2.38. The van der Waals surface area contributed by atoms with Crippen molar-refractivity contribution in [1.29, 1.82) is 0 Å². The lowest BCUT2D eigenvalue weighted by molar-refractivity contribution is 0.119. The molecule has 1 atom stereocenters. The Morgan fingerprint density at radius 2 is 2.37 bits per heavy atom. The van der Waals surface area contributed by atoms with E-state index in [4.69, 9.17) is 4.74 Å². The van der Waals surface area contributed by atoms with E-state index in [0.717, 1.165) is 36.2 Å². The van der Waals surface area contributed by atoms with Gasteiger partial charge in [-0.25, -0.2) is 4.98 Å². The number of nitrogens with zero attached hydrogens (tertiary/aromatic N) is 3. The van der Waals surface area contributed by atoms with Crippen LogP contribution in [0.3, 0.4) is 0 Å². The molecule has 0 spiro atoms. The molecule has 0 fully saturated rings. The molecule has 108 valence electrons. The van der Waals surface area contributed by atoms with Gasteiger partial charge in [0.25, 0.3) is 0 Å². The van der Waals surface area contributed by atoms with Crippen molar-refractivity contribution in [3.05, 3.63) is 16.1 Å². The van der Waals surface area contributed by atoms with Crippen LogP contribution in [-0.4, -0.2) is 43.6 Å². The van der Waals surface area contributed by atoms with E-state index in [0.29, 0.717) is 0 Å². The number of aliphatic imine (C=N–C) groups is 1. The topological polar surface area (TPSA) is 49.8 Å². The molecule has 1 N–H and O–H groups in total. The number of rotatable bonds is 6. The molecule has 1 rings (SSSR count). The highest BCUT2D eigenvalue weighted by Gasteiger charge is 2.12. The van der Waals surface area contributed by atoms with Crippen LogP contribution in [0.5, 0.6) is 0 Å². The predicted octanol–water partition coefficient (Wildman–Crippen LogP) is 2.27. The summed E-state index contributed by atoms with van der Waals surface area (Å²) in [6.07, 6.45) is 1.14. The van der Waals surface area contributed by atoms with Crippen LogP contribution < -0.4 is 5.32 Å². The van der Waals surface area contributed by atoms with Crippen LogP contribution in [0.1, 0.15) is 37.1 Å². The van der Waals surface area contributed by atoms with E-state index in [1.165, 1.54) is 0 Å². The molecule has 0 amide bonds. The first-order chi connectivity index (χ1) is 9.12. The van der Waals surface area contributed by atoms with Gasteiger partial charge in [-0.15, -0.1) is 11.3 Å². The SMILES string of the molecule is CCCNC(=NC)N(C)Cc1csc(C(C)OC)n1. The van der Waals surface area contributed by atoms with Gasteiger partial charge in [-0.1, -0.05) is 6.92 Å². The summed E-state index contributed by atoms with van der Waals surface area (Å²) in [4.78, 5) is 10.9. The number of nitrogens with one attached hydrogen (secondary N) is 1. The van der Waals surface area contributed by atoms with Crippen molar-refractivity contribution in [2.24, 2.45) is 4.99 Å². The monoisotopic (exact) mass is 284 g/mol. The summed E-state index contributed by atoms with van der Waals surface area (Å²) in [6.45, 7) is 5.82. The molecule has 0 saturated carbocycles. The van der Waals surface area contributed by atoms with E-state index >= 15 is 0 Å². The van der Waals surface area contributed by atoms with E-state index in [1.807, 2.05) is 14.0 Å². The largest absolute Gasteiger partial charge is 0.375 e. The Balaban J connectivity index is 2.60. The second-order valence-corrected chi connectivity index (χ2v) is 5.27. The van der Waals surface area contributed by atoms with Crippen molar-refractivity contribution in [2.45, 2.75) is 32.9 Å². The van der Waals surface area contributed by atoms with Crippen LogP contribution >= 0.6 is 11.3 Å². The Morgan fingerprint density at radius 1 is 1.63 bits per heavy atom. The van der Waals surface area contributed by atoms with Crippen LogP contribution in [0.15, 0.2) is 10.4 Å². The van der Waals surface area contributed by atoms with Gasteiger partial charge in [0, 0.05) is 33.1 Å². The zero-order valence-corrected chi connectivity index (χ0v) is 13.3. The number of thiazole rings is 1.